The molecular weight excluding hydrogens is 892 g/mol. The number of rotatable bonds is 56. The van der Waals surface area contributed by atoms with Crippen molar-refractivity contribution in [2.75, 3.05) is 40.9 Å². The average molecular weight is 1010 g/mol. The molecule has 0 aliphatic carbocycles. The molecule has 10 heteroatoms. The molecule has 0 aromatic rings. The summed E-state index contributed by atoms with van der Waals surface area (Å²) < 4.78 is 23.2. The number of carbonyl (C=O) groups excluding carboxylic acids is 1. The van der Waals surface area contributed by atoms with E-state index < -0.39 is 32.7 Å². The molecule has 0 aromatic carbocycles. The Hall–Kier alpha value is -1.06. The summed E-state index contributed by atoms with van der Waals surface area (Å²) in [5.41, 5.74) is 0. The fraction of sp³-hybridized carbons (Fsp3) is 0.917. The third-order valence-corrected chi connectivity index (χ3v) is 15.0. The Kier molecular flexibility index (Phi) is 50.6. The lowest BCUT2D eigenvalue weighted by molar-refractivity contribution is -0.870. The monoisotopic (exact) mass is 1010 g/mol. The van der Waals surface area contributed by atoms with Crippen LogP contribution in [0.5, 0.6) is 0 Å². The second-order valence-electron chi connectivity index (χ2n) is 22.2. The van der Waals surface area contributed by atoms with Gasteiger partial charge in [-0.1, -0.05) is 263 Å². The third-order valence-electron chi connectivity index (χ3n) is 14.0. The van der Waals surface area contributed by atoms with Crippen LogP contribution in [0, 0.1) is 0 Å². The van der Waals surface area contributed by atoms with Gasteiger partial charge in [0.1, 0.15) is 19.3 Å². The number of nitrogens with one attached hydrogen (secondary N) is 1. The number of nitrogens with zero attached hydrogens (tertiary/aromatic N) is 1. The Balaban J connectivity index is 4.00. The zero-order valence-electron chi connectivity index (χ0n) is 47.1. The maximum Gasteiger partial charge on any atom is 0.268 e. The van der Waals surface area contributed by atoms with Gasteiger partial charge >= 0.3 is 0 Å². The van der Waals surface area contributed by atoms with E-state index in [4.69, 9.17) is 9.05 Å². The molecule has 4 atom stereocenters. The Morgan fingerprint density at radius 1 is 0.500 bits per heavy atom. The zero-order chi connectivity index (χ0) is 51.5. The predicted octanol–water partition coefficient (Wildman–Crippen LogP) is 16.7. The smallest absolute Gasteiger partial charge is 0.268 e. The topological polar surface area (TPSA) is 128 Å². The highest BCUT2D eigenvalue weighted by molar-refractivity contribution is 7.45. The van der Waals surface area contributed by atoms with Crippen LogP contribution in [-0.4, -0.2) is 79.8 Å². The number of amides is 1. The van der Waals surface area contributed by atoms with Crippen molar-refractivity contribution in [3.05, 3.63) is 24.3 Å². The van der Waals surface area contributed by atoms with Crippen molar-refractivity contribution in [2.24, 2.45) is 0 Å². The van der Waals surface area contributed by atoms with Crippen LogP contribution in [0.1, 0.15) is 296 Å². The minimum absolute atomic E-state index is 0.0466. The first-order chi connectivity index (χ1) is 33.9. The fourth-order valence-electron chi connectivity index (χ4n) is 9.22. The van der Waals surface area contributed by atoms with Gasteiger partial charge in [-0.2, -0.15) is 0 Å². The minimum atomic E-state index is -4.68. The molecule has 0 aliphatic rings. The number of hydrogen-bond donors (Lipinski definition) is 3. The molecule has 416 valence electrons. The molecule has 4 unspecified atom stereocenters. The van der Waals surface area contributed by atoms with E-state index in [0.717, 1.165) is 38.5 Å². The molecule has 0 bridgehead atoms. The van der Waals surface area contributed by atoms with E-state index >= 15 is 0 Å². The van der Waals surface area contributed by atoms with Crippen molar-refractivity contribution >= 4 is 13.7 Å². The summed E-state index contributed by atoms with van der Waals surface area (Å²) in [7, 11) is 1.11. The number of hydrogen-bond acceptors (Lipinski definition) is 7. The number of carbonyl (C=O) groups is 1. The zero-order valence-corrected chi connectivity index (χ0v) is 48.0. The van der Waals surface area contributed by atoms with E-state index in [1.165, 1.54) is 218 Å². The van der Waals surface area contributed by atoms with Crippen molar-refractivity contribution in [2.45, 2.75) is 315 Å². The van der Waals surface area contributed by atoms with Gasteiger partial charge in [0.15, 0.2) is 0 Å². The third kappa shape index (κ3) is 51.8. The highest BCUT2D eigenvalue weighted by Gasteiger charge is 2.29. The summed E-state index contributed by atoms with van der Waals surface area (Å²) in [4.78, 5) is 25.5. The number of likely N-dealkylation sites (N-methyl/N-ethyl adjacent to an activating group) is 1. The first kappa shape index (κ1) is 68.9. The SMILES string of the molecule is CCCCC/C=C/CC/C=C/CCCC(O)C(O)C(COP(=O)([O-])OCC[N+](C)(C)C)NC(=O)CCCCCCCCCCCCCCCCCCCCCCCCCCCCCCCCCCCC. The summed E-state index contributed by atoms with van der Waals surface area (Å²) in [6.45, 7) is 4.41. The first-order valence-corrected chi connectivity index (χ1v) is 31.7. The number of phosphoric ester groups is 1. The van der Waals surface area contributed by atoms with Gasteiger partial charge in [0.25, 0.3) is 7.82 Å². The molecule has 0 aliphatic heterocycles. The normalized spacial score (nSPS) is 14.5. The van der Waals surface area contributed by atoms with Crippen molar-refractivity contribution in [1.29, 1.82) is 0 Å². The van der Waals surface area contributed by atoms with Crippen molar-refractivity contribution in [3.8, 4) is 0 Å². The van der Waals surface area contributed by atoms with E-state index in [9.17, 15) is 24.5 Å². The van der Waals surface area contributed by atoms with Gasteiger partial charge in [0, 0.05) is 6.42 Å². The molecule has 9 nitrogen and oxygen atoms in total. The summed E-state index contributed by atoms with van der Waals surface area (Å²) in [5, 5.41) is 24.7. The Morgan fingerprint density at radius 3 is 1.20 bits per heavy atom. The highest BCUT2D eigenvalue weighted by Crippen LogP contribution is 2.38. The largest absolute Gasteiger partial charge is 0.756 e. The average Bonchev–Trinajstić information content (AvgIpc) is 3.32. The predicted molar refractivity (Wildman–Crippen MR) is 299 cm³/mol. The summed E-state index contributed by atoms with van der Waals surface area (Å²) >= 11 is 0. The van der Waals surface area contributed by atoms with Crippen LogP contribution < -0.4 is 10.2 Å². The van der Waals surface area contributed by atoms with Crippen molar-refractivity contribution in [1.82, 2.24) is 5.32 Å². The molecule has 0 aromatic heterocycles. The van der Waals surface area contributed by atoms with E-state index in [0.29, 0.717) is 30.3 Å². The lowest BCUT2D eigenvalue weighted by Gasteiger charge is -2.31. The maximum atomic E-state index is 13.0. The van der Waals surface area contributed by atoms with E-state index in [2.05, 4.69) is 43.5 Å². The molecule has 1 amide bonds. The molecule has 3 N–H and O–H groups in total. The van der Waals surface area contributed by atoms with Gasteiger partial charge in [0.2, 0.25) is 5.91 Å². The Morgan fingerprint density at radius 2 is 0.829 bits per heavy atom. The summed E-state index contributed by atoms with van der Waals surface area (Å²) in [6.07, 6.45) is 61.4. The molecule has 0 saturated heterocycles. The molecule has 0 spiro atoms. The van der Waals surface area contributed by atoms with Crippen LogP contribution >= 0.6 is 7.82 Å². The van der Waals surface area contributed by atoms with Gasteiger partial charge in [-0.15, -0.1) is 0 Å². The van der Waals surface area contributed by atoms with E-state index in [1.807, 2.05) is 21.1 Å². The molecule has 0 saturated carbocycles. The molecule has 0 heterocycles. The van der Waals surface area contributed by atoms with Crippen LogP contribution in [0.4, 0.5) is 0 Å². The molecular formula is C60H119N2O7P. The van der Waals surface area contributed by atoms with Crippen molar-refractivity contribution in [3.63, 3.8) is 0 Å². The minimum Gasteiger partial charge on any atom is -0.756 e. The number of aliphatic hydroxyl groups is 2. The van der Waals surface area contributed by atoms with Crippen LogP contribution in [0.3, 0.4) is 0 Å². The second kappa shape index (κ2) is 51.4. The van der Waals surface area contributed by atoms with E-state index in [-0.39, 0.29) is 18.9 Å². The van der Waals surface area contributed by atoms with Gasteiger partial charge in [0.05, 0.1) is 39.9 Å². The number of quaternary nitrogens is 1. The Labute approximate surface area is 435 Å². The number of allylic oxidation sites excluding steroid dienone is 4. The van der Waals surface area contributed by atoms with Crippen LogP contribution in [-0.2, 0) is 18.4 Å². The summed E-state index contributed by atoms with van der Waals surface area (Å²) in [5.74, 6) is -0.287. The van der Waals surface area contributed by atoms with Crippen LogP contribution in [0.2, 0.25) is 0 Å². The lowest BCUT2D eigenvalue weighted by Crippen LogP contribution is -2.51. The van der Waals surface area contributed by atoms with Gasteiger partial charge in [-0.05, 0) is 51.4 Å². The quantitative estimate of drug-likeness (QED) is 0.0240. The van der Waals surface area contributed by atoms with Gasteiger partial charge in [-0.25, -0.2) is 0 Å². The van der Waals surface area contributed by atoms with E-state index in [1.54, 1.807) is 0 Å². The van der Waals surface area contributed by atoms with Gasteiger partial charge in [-0.3, -0.25) is 9.36 Å². The van der Waals surface area contributed by atoms with Gasteiger partial charge < -0.3 is 34.0 Å². The molecule has 70 heavy (non-hydrogen) atoms. The Bertz CT molecular complexity index is 1210. The number of unbranched alkanes of at least 4 members (excludes halogenated alkanes) is 38. The van der Waals surface area contributed by atoms with Crippen LogP contribution in [0.25, 0.3) is 0 Å². The van der Waals surface area contributed by atoms with Crippen LogP contribution in [0.15, 0.2) is 24.3 Å². The molecule has 0 rings (SSSR count). The first-order valence-electron chi connectivity index (χ1n) is 30.3. The fourth-order valence-corrected chi connectivity index (χ4v) is 9.94. The van der Waals surface area contributed by atoms with Crippen molar-refractivity contribution < 1.29 is 38.0 Å². The lowest BCUT2D eigenvalue weighted by atomic mass is 10.0. The standard InChI is InChI=1S/C60H119N2O7P/c1-6-8-10-12-14-16-18-20-21-22-23-24-25-26-27-28-29-30-31-32-33-34-35-36-37-38-39-40-41-43-45-47-49-51-53-59(64)61-57(56-69-70(66,67)68-55-54-62(3,4)5)60(65)58(63)52-50-48-46-44-42-19-17-15-13-11-9-7-2/h15,17,44,46,57-58,60,63,65H,6-14,16,18-43,45,47-56H2,1-5H3,(H-,61,64,66,67)/b17-15+,46-44+. The molecule has 0 fully saturated rings. The maximum absolute atomic E-state index is 13.0. The number of phosphoric acid groups is 1. The summed E-state index contributed by atoms with van der Waals surface area (Å²) in [6, 6.07) is -1.09. The molecule has 0 radical (unpaired) electrons. The number of aliphatic hydroxyl groups excluding tert-OH is 2. The highest BCUT2D eigenvalue weighted by atomic mass is 31.2. The second-order valence-corrected chi connectivity index (χ2v) is 23.6.